The largest absolute Gasteiger partial charge is 0.466 e. The van der Waals surface area contributed by atoms with E-state index in [-0.39, 0.29) is 5.97 Å². The Bertz CT molecular complexity index is 279. The van der Waals surface area contributed by atoms with Crippen LogP contribution in [0.25, 0.3) is 0 Å². The molecule has 1 rings (SSSR count). The number of esters is 1. The summed E-state index contributed by atoms with van der Waals surface area (Å²) in [6, 6.07) is 0.629. The summed E-state index contributed by atoms with van der Waals surface area (Å²) in [4.78, 5) is 16.1. The topological polar surface area (TPSA) is 32.8 Å². The van der Waals surface area contributed by atoms with Crippen LogP contribution in [0.5, 0.6) is 0 Å². The molecule has 0 aromatic carbocycles. The standard InChI is InChI=1S/C13H24N2O2/c1-11(2)15-9-7-14(8-10-15)6-5-12(3)13(16)17-4/h5,11H,6-10H2,1-4H3. The van der Waals surface area contributed by atoms with Crippen molar-refractivity contribution in [3.8, 4) is 0 Å². The third-order valence-corrected chi connectivity index (χ3v) is 3.30. The van der Waals surface area contributed by atoms with E-state index >= 15 is 0 Å². The van der Waals surface area contributed by atoms with E-state index < -0.39 is 0 Å². The van der Waals surface area contributed by atoms with Crippen molar-refractivity contribution in [3.05, 3.63) is 11.6 Å². The number of piperazine rings is 1. The zero-order valence-corrected chi connectivity index (χ0v) is 11.4. The first-order chi connectivity index (χ1) is 8.04. The van der Waals surface area contributed by atoms with E-state index in [1.54, 1.807) is 6.92 Å². The molecule has 0 aliphatic carbocycles. The van der Waals surface area contributed by atoms with Gasteiger partial charge in [-0.1, -0.05) is 6.08 Å². The van der Waals surface area contributed by atoms with Gasteiger partial charge < -0.3 is 4.74 Å². The minimum atomic E-state index is -0.231. The van der Waals surface area contributed by atoms with Crippen molar-refractivity contribution < 1.29 is 9.53 Å². The summed E-state index contributed by atoms with van der Waals surface area (Å²) in [6.07, 6.45) is 1.96. The van der Waals surface area contributed by atoms with Crippen LogP contribution >= 0.6 is 0 Å². The molecule has 0 unspecified atom stereocenters. The fourth-order valence-electron chi connectivity index (χ4n) is 1.97. The number of carbonyl (C=O) groups excluding carboxylic acids is 1. The van der Waals surface area contributed by atoms with Crippen molar-refractivity contribution in [1.82, 2.24) is 9.80 Å². The van der Waals surface area contributed by atoms with Crippen molar-refractivity contribution in [1.29, 1.82) is 0 Å². The Morgan fingerprint density at radius 1 is 1.29 bits per heavy atom. The molecular weight excluding hydrogens is 216 g/mol. The molecule has 1 fully saturated rings. The van der Waals surface area contributed by atoms with Crippen LogP contribution in [0, 0.1) is 0 Å². The minimum absolute atomic E-state index is 0.231. The van der Waals surface area contributed by atoms with Crippen molar-refractivity contribution in [2.45, 2.75) is 26.8 Å². The Hall–Kier alpha value is -0.870. The SMILES string of the molecule is COC(=O)C(C)=CCN1CCN(C(C)C)CC1. The average Bonchev–Trinajstić information content (AvgIpc) is 2.35. The van der Waals surface area contributed by atoms with Crippen LogP contribution in [0.4, 0.5) is 0 Å². The van der Waals surface area contributed by atoms with E-state index in [4.69, 9.17) is 0 Å². The maximum absolute atomic E-state index is 11.2. The monoisotopic (exact) mass is 240 g/mol. The van der Waals surface area contributed by atoms with Crippen LogP contribution < -0.4 is 0 Å². The van der Waals surface area contributed by atoms with Gasteiger partial charge in [0.1, 0.15) is 0 Å². The van der Waals surface area contributed by atoms with Gasteiger partial charge in [0.2, 0.25) is 0 Å². The molecule has 0 bridgehead atoms. The van der Waals surface area contributed by atoms with E-state index in [2.05, 4.69) is 28.4 Å². The number of ether oxygens (including phenoxy) is 1. The highest BCUT2D eigenvalue weighted by atomic mass is 16.5. The van der Waals surface area contributed by atoms with Gasteiger partial charge in [-0.05, 0) is 20.8 Å². The minimum Gasteiger partial charge on any atom is -0.466 e. The van der Waals surface area contributed by atoms with Gasteiger partial charge in [-0.25, -0.2) is 4.79 Å². The molecule has 0 saturated carbocycles. The number of nitrogens with zero attached hydrogens (tertiary/aromatic N) is 2. The van der Waals surface area contributed by atoms with Gasteiger partial charge in [-0.15, -0.1) is 0 Å². The molecule has 0 atom stereocenters. The molecule has 0 N–H and O–H groups in total. The summed E-state index contributed by atoms with van der Waals surface area (Å²) in [7, 11) is 1.42. The molecule has 1 aliphatic heterocycles. The van der Waals surface area contributed by atoms with Gasteiger partial charge in [0.25, 0.3) is 0 Å². The van der Waals surface area contributed by atoms with Crippen LogP contribution in [0.3, 0.4) is 0 Å². The van der Waals surface area contributed by atoms with Crippen molar-refractivity contribution in [2.75, 3.05) is 39.8 Å². The van der Waals surface area contributed by atoms with Gasteiger partial charge in [0.15, 0.2) is 0 Å². The van der Waals surface area contributed by atoms with Crippen molar-refractivity contribution >= 4 is 5.97 Å². The van der Waals surface area contributed by atoms with Crippen LogP contribution in [-0.4, -0.2) is 61.6 Å². The van der Waals surface area contributed by atoms with Crippen LogP contribution in [-0.2, 0) is 9.53 Å². The molecule has 0 aromatic heterocycles. The summed E-state index contributed by atoms with van der Waals surface area (Å²) in [6.45, 7) is 11.5. The maximum atomic E-state index is 11.2. The van der Waals surface area contributed by atoms with Gasteiger partial charge in [-0.3, -0.25) is 9.80 Å². The normalized spacial score (nSPS) is 19.7. The van der Waals surface area contributed by atoms with Gasteiger partial charge in [0, 0.05) is 44.3 Å². The van der Waals surface area contributed by atoms with E-state index in [0.29, 0.717) is 11.6 Å². The average molecular weight is 240 g/mol. The Labute approximate surface area is 104 Å². The molecule has 1 heterocycles. The molecule has 0 radical (unpaired) electrons. The molecule has 0 spiro atoms. The number of rotatable bonds is 4. The van der Waals surface area contributed by atoms with Crippen molar-refractivity contribution in [2.24, 2.45) is 0 Å². The summed E-state index contributed by atoms with van der Waals surface area (Å²) in [5, 5.41) is 0. The fraction of sp³-hybridized carbons (Fsp3) is 0.769. The first-order valence-corrected chi connectivity index (χ1v) is 6.26. The summed E-state index contributed by atoms with van der Waals surface area (Å²) < 4.78 is 4.67. The third-order valence-electron chi connectivity index (χ3n) is 3.30. The lowest BCUT2D eigenvalue weighted by Crippen LogP contribution is -2.48. The predicted octanol–water partition coefficient (Wildman–Crippen LogP) is 1.13. The Morgan fingerprint density at radius 2 is 1.88 bits per heavy atom. The molecule has 4 nitrogen and oxygen atoms in total. The first kappa shape index (κ1) is 14.2. The molecule has 17 heavy (non-hydrogen) atoms. The molecule has 0 aromatic rings. The Morgan fingerprint density at radius 3 is 2.35 bits per heavy atom. The molecule has 0 amide bonds. The lowest BCUT2D eigenvalue weighted by Gasteiger charge is -2.36. The molecule has 4 heteroatoms. The molecule has 1 saturated heterocycles. The maximum Gasteiger partial charge on any atom is 0.333 e. The first-order valence-electron chi connectivity index (χ1n) is 6.26. The number of carbonyl (C=O) groups is 1. The van der Waals surface area contributed by atoms with E-state index in [1.807, 2.05) is 6.08 Å². The number of hydrogen-bond acceptors (Lipinski definition) is 4. The summed E-state index contributed by atoms with van der Waals surface area (Å²) >= 11 is 0. The van der Waals surface area contributed by atoms with E-state index in [1.165, 1.54) is 7.11 Å². The third kappa shape index (κ3) is 4.48. The zero-order valence-electron chi connectivity index (χ0n) is 11.4. The van der Waals surface area contributed by atoms with Crippen molar-refractivity contribution in [3.63, 3.8) is 0 Å². The second kappa shape index (κ2) is 6.77. The molecular formula is C13H24N2O2. The highest BCUT2D eigenvalue weighted by Gasteiger charge is 2.17. The molecule has 1 aliphatic rings. The van der Waals surface area contributed by atoms with Gasteiger partial charge in [-0.2, -0.15) is 0 Å². The zero-order chi connectivity index (χ0) is 12.8. The highest BCUT2D eigenvalue weighted by molar-refractivity contribution is 5.87. The highest BCUT2D eigenvalue weighted by Crippen LogP contribution is 2.06. The fourth-order valence-corrected chi connectivity index (χ4v) is 1.97. The van der Waals surface area contributed by atoms with Crippen LogP contribution in [0.2, 0.25) is 0 Å². The molecule has 98 valence electrons. The quantitative estimate of drug-likeness (QED) is 0.545. The van der Waals surface area contributed by atoms with E-state index in [9.17, 15) is 4.79 Å². The van der Waals surface area contributed by atoms with Crippen LogP contribution in [0.1, 0.15) is 20.8 Å². The Kier molecular flexibility index (Phi) is 5.65. The predicted molar refractivity (Wildman–Crippen MR) is 68.9 cm³/mol. The van der Waals surface area contributed by atoms with Gasteiger partial charge in [0.05, 0.1) is 7.11 Å². The smallest absolute Gasteiger partial charge is 0.333 e. The lowest BCUT2D eigenvalue weighted by molar-refractivity contribution is -0.136. The summed E-state index contributed by atoms with van der Waals surface area (Å²) in [5.74, 6) is -0.231. The lowest BCUT2D eigenvalue weighted by atomic mass is 10.2. The van der Waals surface area contributed by atoms with E-state index in [0.717, 1.165) is 32.7 Å². The van der Waals surface area contributed by atoms with Gasteiger partial charge >= 0.3 is 5.97 Å². The second-order valence-corrected chi connectivity index (χ2v) is 4.81. The van der Waals surface area contributed by atoms with Crippen LogP contribution in [0.15, 0.2) is 11.6 Å². The second-order valence-electron chi connectivity index (χ2n) is 4.81. The Balaban J connectivity index is 2.34. The number of hydrogen-bond donors (Lipinski definition) is 0. The number of methoxy groups -OCH3 is 1. The summed E-state index contributed by atoms with van der Waals surface area (Å²) in [5.41, 5.74) is 0.693.